The Labute approximate surface area is 353 Å². The molecule has 274 valence electrons. The van der Waals surface area contributed by atoms with Crippen molar-refractivity contribution in [2.24, 2.45) is 10.3 Å². The molecule has 2 heterocycles. The molecular weight excluding hydrogens is 938 g/mol. The maximum absolute atomic E-state index is 12.1. The molecule has 0 spiro atoms. The van der Waals surface area contributed by atoms with E-state index in [0.717, 1.165) is 0 Å². The largest absolute Gasteiger partial charge is 0.335 e. The highest BCUT2D eigenvalue weighted by molar-refractivity contribution is 6.68. The van der Waals surface area contributed by atoms with Crippen molar-refractivity contribution in [1.29, 1.82) is 0 Å². The van der Waals surface area contributed by atoms with Gasteiger partial charge in [0.05, 0.1) is 25.3 Å². The summed E-state index contributed by atoms with van der Waals surface area (Å²) in [6.07, 6.45) is 1.83. The van der Waals surface area contributed by atoms with E-state index in [-0.39, 0.29) is 47.8 Å². The van der Waals surface area contributed by atoms with Gasteiger partial charge in [-0.25, -0.2) is 39.5 Å². The molecule has 0 radical (unpaired) electrons. The Kier molecular flexibility index (Phi) is 14.7. The van der Waals surface area contributed by atoms with Crippen LogP contribution in [0.1, 0.15) is 47.3 Å². The molecule has 52 heavy (non-hydrogen) atoms. The quantitative estimate of drug-likeness (QED) is 0.0685. The highest BCUT2D eigenvalue weighted by Crippen LogP contribution is 2.42. The molecule has 0 fully saturated rings. The summed E-state index contributed by atoms with van der Waals surface area (Å²) < 4.78 is -8.06. The number of alkyl halides is 12. The van der Waals surface area contributed by atoms with Crippen LogP contribution >= 0.6 is 139 Å². The number of carbonyl (C=O) groups is 2. The van der Waals surface area contributed by atoms with Crippen molar-refractivity contribution in [3.63, 3.8) is 0 Å². The minimum absolute atomic E-state index is 0.0634. The maximum atomic E-state index is 12.1. The first kappa shape index (κ1) is 43.0. The van der Waals surface area contributed by atoms with Gasteiger partial charge in [-0.15, -0.1) is 0 Å². The van der Waals surface area contributed by atoms with Crippen molar-refractivity contribution in [1.82, 2.24) is 29.9 Å². The van der Waals surface area contributed by atoms with Crippen LogP contribution in [0, 0.1) is 0 Å². The predicted octanol–water partition coefficient (Wildman–Crippen LogP) is 9.93. The molecule has 2 aromatic carbocycles. The second kappa shape index (κ2) is 17.8. The second-order valence-corrected chi connectivity index (χ2v) is 18.9. The predicted molar refractivity (Wildman–Crippen MR) is 204 cm³/mol. The summed E-state index contributed by atoms with van der Waals surface area (Å²) in [6, 6.07) is 12.8. The zero-order valence-electron chi connectivity index (χ0n) is 24.9. The van der Waals surface area contributed by atoms with Crippen molar-refractivity contribution in [3.8, 4) is 22.8 Å². The summed E-state index contributed by atoms with van der Waals surface area (Å²) in [4.78, 5) is 58.1. The number of nitrogens with zero attached hydrogens (tertiary/aromatic N) is 8. The van der Waals surface area contributed by atoms with E-state index in [1.807, 2.05) is 0 Å². The third kappa shape index (κ3) is 12.9. The number of halogens is 12. The number of hydrogen-bond donors (Lipinski definition) is 0. The summed E-state index contributed by atoms with van der Waals surface area (Å²) >= 11 is 71.0. The van der Waals surface area contributed by atoms with E-state index >= 15 is 0 Å². The molecule has 0 aliphatic heterocycles. The Hall–Kier alpha value is -1.78. The van der Waals surface area contributed by atoms with Crippen molar-refractivity contribution in [2.75, 3.05) is 0 Å². The highest BCUT2D eigenvalue weighted by Gasteiger charge is 2.35. The standard InChI is InChI=1S/C28H14Cl12N8O4/c29-25(30,31)21-43-19(44-22(47-21)26(32,33)34)15-5-1-13(2-6-15)11-41-51-17(49)9-10-18(50)52-42-12-14-3-7-16(8-4-14)20-45-23(27(35,36)37)48-24(46-20)28(38,39)40/h1-8,11-12H,9-10H2. The fraction of sp³-hybridized carbons (Fsp3) is 0.214. The average molecular weight is 952 g/mol. The molecule has 12 nitrogen and oxygen atoms in total. The fourth-order valence-electron chi connectivity index (χ4n) is 3.54. The number of hydrogen-bond acceptors (Lipinski definition) is 12. The molecule has 0 aliphatic carbocycles. The van der Waals surface area contributed by atoms with E-state index < -0.39 is 27.1 Å². The molecule has 0 amide bonds. The Morgan fingerprint density at radius 2 is 0.750 bits per heavy atom. The Bertz CT molecular complexity index is 1770. The van der Waals surface area contributed by atoms with Gasteiger partial charge in [-0.1, -0.05) is 198 Å². The average Bonchev–Trinajstić information content (AvgIpc) is 3.06. The van der Waals surface area contributed by atoms with E-state index in [9.17, 15) is 9.59 Å². The molecule has 0 bridgehead atoms. The number of rotatable bonds is 9. The van der Waals surface area contributed by atoms with Gasteiger partial charge in [-0.3, -0.25) is 0 Å². The molecular formula is C28H14Cl12N8O4. The van der Waals surface area contributed by atoms with Crippen LogP contribution in [0.3, 0.4) is 0 Å². The number of oxime groups is 2. The lowest BCUT2D eigenvalue weighted by Crippen LogP contribution is -2.16. The van der Waals surface area contributed by atoms with E-state index in [1.165, 1.54) is 12.4 Å². The van der Waals surface area contributed by atoms with Gasteiger partial charge in [-0.2, -0.15) is 0 Å². The van der Waals surface area contributed by atoms with Gasteiger partial charge in [0, 0.05) is 11.1 Å². The zero-order chi connectivity index (χ0) is 38.5. The van der Waals surface area contributed by atoms with Crippen molar-refractivity contribution >= 4 is 164 Å². The van der Waals surface area contributed by atoms with Crippen LogP contribution in [0.5, 0.6) is 0 Å². The third-order valence-corrected chi connectivity index (χ3v) is 7.90. The molecule has 4 rings (SSSR count). The second-order valence-electron chi connectivity index (χ2n) is 9.74. The van der Waals surface area contributed by atoms with Gasteiger partial charge in [-0.05, 0) is 11.1 Å². The highest BCUT2D eigenvalue weighted by atomic mass is 35.6. The van der Waals surface area contributed by atoms with Crippen LogP contribution in [0.25, 0.3) is 22.8 Å². The van der Waals surface area contributed by atoms with E-state index in [2.05, 4.69) is 40.2 Å². The molecule has 4 aromatic rings. The van der Waals surface area contributed by atoms with Crippen LogP contribution < -0.4 is 0 Å². The van der Waals surface area contributed by atoms with Gasteiger partial charge < -0.3 is 9.68 Å². The topological polar surface area (TPSA) is 155 Å². The van der Waals surface area contributed by atoms with Crippen LogP contribution in [-0.4, -0.2) is 54.3 Å². The fourth-order valence-corrected chi connectivity index (χ4v) is 4.56. The first-order valence-corrected chi connectivity index (χ1v) is 18.1. The number of carbonyl (C=O) groups excluding carboxylic acids is 2. The zero-order valence-corrected chi connectivity index (χ0v) is 34.0. The van der Waals surface area contributed by atoms with Gasteiger partial charge in [0.25, 0.3) is 0 Å². The molecule has 24 heteroatoms. The number of benzene rings is 2. The van der Waals surface area contributed by atoms with Gasteiger partial charge in [0.2, 0.25) is 15.2 Å². The summed E-state index contributed by atoms with van der Waals surface area (Å²) in [6.45, 7) is 0. The maximum Gasteiger partial charge on any atom is 0.335 e. The van der Waals surface area contributed by atoms with E-state index in [1.54, 1.807) is 48.5 Å². The summed E-state index contributed by atoms with van der Waals surface area (Å²) in [5.41, 5.74) is 1.94. The molecule has 0 atom stereocenters. The smallest absolute Gasteiger partial charge is 0.318 e. The molecule has 0 saturated heterocycles. The lowest BCUT2D eigenvalue weighted by Gasteiger charge is -2.15. The summed E-state index contributed by atoms with van der Waals surface area (Å²) in [5.74, 6) is -2.48. The SMILES string of the molecule is O=C(CCC(=O)ON=Cc1ccc(-c2nc(C(Cl)(Cl)Cl)nc(C(Cl)(Cl)Cl)n2)cc1)ON=Cc1ccc(-c2nc(C(Cl)(Cl)Cl)nc(C(Cl)(Cl)Cl)n2)cc1. The first-order valence-electron chi connectivity index (χ1n) is 13.6. The monoisotopic (exact) mass is 946 g/mol. The summed E-state index contributed by atoms with van der Waals surface area (Å²) in [5, 5.41) is 7.25. The normalized spacial score (nSPS) is 12.8. The van der Waals surface area contributed by atoms with Crippen molar-refractivity contribution in [2.45, 2.75) is 28.0 Å². The van der Waals surface area contributed by atoms with Crippen molar-refractivity contribution in [3.05, 3.63) is 83.0 Å². The minimum Gasteiger partial charge on any atom is -0.318 e. The Morgan fingerprint density at radius 1 is 0.481 bits per heavy atom. The number of aromatic nitrogens is 6. The van der Waals surface area contributed by atoms with E-state index in [4.69, 9.17) is 149 Å². The minimum atomic E-state index is -2.01. The Morgan fingerprint density at radius 3 is 1.00 bits per heavy atom. The van der Waals surface area contributed by atoms with Gasteiger partial charge >= 0.3 is 11.9 Å². The van der Waals surface area contributed by atoms with Crippen molar-refractivity contribution < 1.29 is 19.3 Å². The van der Waals surface area contributed by atoms with Gasteiger partial charge in [0.1, 0.15) is 0 Å². The third-order valence-electron chi connectivity index (χ3n) is 5.87. The van der Waals surface area contributed by atoms with Crippen LogP contribution in [0.4, 0.5) is 0 Å². The van der Waals surface area contributed by atoms with Crippen LogP contribution in [0.2, 0.25) is 0 Å². The van der Waals surface area contributed by atoms with E-state index in [0.29, 0.717) is 22.3 Å². The van der Waals surface area contributed by atoms with Gasteiger partial charge in [0.15, 0.2) is 34.9 Å². The lowest BCUT2D eigenvalue weighted by atomic mass is 10.1. The first-order chi connectivity index (χ1) is 24.1. The molecule has 0 saturated carbocycles. The molecule has 0 N–H and O–H groups in total. The summed E-state index contributed by atoms with van der Waals surface area (Å²) in [7, 11) is 0. The van der Waals surface area contributed by atoms with Crippen LogP contribution in [0.15, 0.2) is 58.8 Å². The lowest BCUT2D eigenvalue weighted by molar-refractivity contribution is -0.150. The Balaban J connectivity index is 1.27. The molecule has 0 aliphatic rings. The molecule has 2 aromatic heterocycles. The van der Waals surface area contributed by atoms with Crippen LogP contribution in [-0.2, 0) is 34.4 Å². The molecule has 0 unspecified atom stereocenters.